The number of esters is 2. The van der Waals surface area contributed by atoms with Crippen molar-refractivity contribution in [1.82, 2.24) is 4.90 Å². The molecule has 0 radical (unpaired) electrons. The van der Waals surface area contributed by atoms with E-state index in [9.17, 15) is 14.4 Å². The van der Waals surface area contributed by atoms with Crippen molar-refractivity contribution in [3.8, 4) is 5.75 Å². The molecule has 2 aromatic carbocycles. The van der Waals surface area contributed by atoms with Gasteiger partial charge in [-0.1, -0.05) is 48.5 Å². The van der Waals surface area contributed by atoms with Gasteiger partial charge in [-0.05, 0) is 11.6 Å². The SMILES string of the molecule is CC(=O)Oc1ccccc1CN(CC(OC(C)=O)c1ccccc1)C(C)=O. The number of hydrogen-bond donors (Lipinski definition) is 0. The third-order valence-corrected chi connectivity index (χ3v) is 3.90. The van der Waals surface area contributed by atoms with Crippen molar-refractivity contribution in [2.45, 2.75) is 33.4 Å². The van der Waals surface area contributed by atoms with E-state index in [1.165, 1.54) is 20.8 Å². The molecule has 1 amide bonds. The highest BCUT2D eigenvalue weighted by atomic mass is 16.5. The van der Waals surface area contributed by atoms with E-state index in [1.54, 1.807) is 29.2 Å². The standard InChI is InChI=1S/C21H23NO5/c1-15(23)22(13-19-11-7-8-12-20(19)26-16(2)24)14-21(27-17(3)25)18-9-5-4-6-10-18/h4-12,21H,13-14H2,1-3H3. The predicted molar refractivity (Wildman–Crippen MR) is 99.8 cm³/mol. The lowest BCUT2D eigenvalue weighted by molar-refractivity contribution is -0.150. The summed E-state index contributed by atoms with van der Waals surface area (Å²) < 4.78 is 10.6. The number of para-hydroxylation sites is 1. The normalized spacial score (nSPS) is 11.4. The predicted octanol–water partition coefficient (Wildman–Crippen LogP) is 3.26. The molecule has 1 unspecified atom stereocenters. The second kappa shape index (κ2) is 9.52. The second-order valence-electron chi connectivity index (χ2n) is 6.11. The average Bonchev–Trinajstić information content (AvgIpc) is 2.61. The van der Waals surface area contributed by atoms with Crippen molar-refractivity contribution < 1.29 is 23.9 Å². The van der Waals surface area contributed by atoms with Crippen molar-refractivity contribution in [3.05, 3.63) is 65.7 Å². The number of benzene rings is 2. The molecule has 6 nitrogen and oxygen atoms in total. The van der Waals surface area contributed by atoms with Gasteiger partial charge in [-0.2, -0.15) is 0 Å². The van der Waals surface area contributed by atoms with E-state index in [4.69, 9.17) is 9.47 Å². The Kier molecular flexibility index (Phi) is 7.11. The molecular formula is C21H23NO5. The summed E-state index contributed by atoms with van der Waals surface area (Å²) in [5, 5.41) is 0. The molecule has 0 spiro atoms. The maximum absolute atomic E-state index is 12.2. The topological polar surface area (TPSA) is 72.9 Å². The summed E-state index contributed by atoms with van der Waals surface area (Å²) in [6, 6.07) is 16.3. The summed E-state index contributed by atoms with van der Waals surface area (Å²) in [4.78, 5) is 36.6. The number of carbonyl (C=O) groups excluding carboxylic acids is 3. The van der Waals surface area contributed by atoms with E-state index in [0.717, 1.165) is 5.56 Å². The van der Waals surface area contributed by atoms with Crippen LogP contribution < -0.4 is 4.74 Å². The zero-order chi connectivity index (χ0) is 19.8. The molecule has 0 bridgehead atoms. The van der Waals surface area contributed by atoms with Crippen LogP contribution in [0.1, 0.15) is 38.0 Å². The van der Waals surface area contributed by atoms with E-state index in [-0.39, 0.29) is 19.0 Å². The summed E-state index contributed by atoms with van der Waals surface area (Å²) >= 11 is 0. The lowest BCUT2D eigenvalue weighted by Gasteiger charge is -2.27. The molecule has 142 valence electrons. The first-order chi connectivity index (χ1) is 12.9. The van der Waals surface area contributed by atoms with Gasteiger partial charge < -0.3 is 14.4 Å². The Morgan fingerprint density at radius 1 is 0.889 bits per heavy atom. The first-order valence-electron chi connectivity index (χ1n) is 8.61. The number of carbonyl (C=O) groups is 3. The van der Waals surface area contributed by atoms with Gasteiger partial charge in [0.05, 0.1) is 6.54 Å². The van der Waals surface area contributed by atoms with Crippen molar-refractivity contribution in [2.24, 2.45) is 0 Å². The largest absolute Gasteiger partial charge is 0.456 e. The fourth-order valence-corrected chi connectivity index (χ4v) is 2.68. The van der Waals surface area contributed by atoms with Gasteiger partial charge in [0.2, 0.25) is 5.91 Å². The van der Waals surface area contributed by atoms with Crippen LogP contribution in [0.25, 0.3) is 0 Å². The Morgan fingerprint density at radius 3 is 2.11 bits per heavy atom. The van der Waals surface area contributed by atoms with Crippen LogP contribution in [0.4, 0.5) is 0 Å². The van der Waals surface area contributed by atoms with E-state index >= 15 is 0 Å². The monoisotopic (exact) mass is 369 g/mol. The number of nitrogens with zero attached hydrogens (tertiary/aromatic N) is 1. The van der Waals surface area contributed by atoms with Crippen LogP contribution in [0.3, 0.4) is 0 Å². The van der Waals surface area contributed by atoms with Gasteiger partial charge in [0, 0.05) is 32.9 Å². The van der Waals surface area contributed by atoms with Crippen molar-refractivity contribution in [1.29, 1.82) is 0 Å². The number of rotatable bonds is 7. The molecule has 0 saturated carbocycles. The average molecular weight is 369 g/mol. The number of ether oxygens (including phenoxy) is 2. The van der Waals surface area contributed by atoms with Gasteiger partial charge in [-0.3, -0.25) is 14.4 Å². The third-order valence-electron chi connectivity index (χ3n) is 3.90. The molecule has 0 aromatic heterocycles. The summed E-state index contributed by atoms with van der Waals surface area (Å²) in [7, 11) is 0. The number of amides is 1. The molecule has 0 aliphatic carbocycles. The molecule has 0 N–H and O–H groups in total. The Bertz CT molecular complexity index is 803. The molecule has 27 heavy (non-hydrogen) atoms. The molecule has 0 fully saturated rings. The maximum Gasteiger partial charge on any atom is 0.308 e. The van der Waals surface area contributed by atoms with Crippen LogP contribution in [0.2, 0.25) is 0 Å². The highest BCUT2D eigenvalue weighted by Crippen LogP contribution is 2.24. The van der Waals surface area contributed by atoms with Gasteiger partial charge in [0.25, 0.3) is 0 Å². The second-order valence-corrected chi connectivity index (χ2v) is 6.11. The van der Waals surface area contributed by atoms with Gasteiger partial charge >= 0.3 is 11.9 Å². The molecule has 1 atom stereocenters. The smallest absolute Gasteiger partial charge is 0.308 e. The summed E-state index contributed by atoms with van der Waals surface area (Å²) in [5.74, 6) is -0.632. The van der Waals surface area contributed by atoms with Crippen LogP contribution >= 0.6 is 0 Å². The first kappa shape index (κ1) is 20.2. The zero-order valence-electron chi connectivity index (χ0n) is 15.7. The first-order valence-corrected chi connectivity index (χ1v) is 8.61. The maximum atomic E-state index is 12.2. The van der Waals surface area contributed by atoms with Gasteiger partial charge in [-0.25, -0.2) is 0 Å². The van der Waals surface area contributed by atoms with Gasteiger partial charge in [-0.15, -0.1) is 0 Å². The van der Waals surface area contributed by atoms with Crippen molar-refractivity contribution in [2.75, 3.05) is 6.54 Å². The van der Waals surface area contributed by atoms with Crippen LogP contribution in [0, 0.1) is 0 Å². The summed E-state index contributed by atoms with van der Waals surface area (Å²) in [6.07, 6.45) is -0.589. The minimum absolute atomic E-state index is 0.180. The van der Waals surface area contributed by atoms with Crippen molar-refractivity contribution in [3.63, 3.8) is 0 Å². The molecule has 2 rings (SSSR count). The lowest BCUT2D eigenvalue weighted by atomic mass is 10.1. The van der Waals surface area contributed by atoms with E-state index in [1.807, 2.05) is 30.3 Å². The fraction of sp³-hybridized carbons (Fsp3) is 0.286. The number of hydrogen-bond acceptors (Lipinski definition) is 5. The Morgan fingerprint density at radius 2 is 1.52 bits per heavy atom. The van der Waals surface area contributed by atoms with Crippen LogP contribution in [-0.2, 0) is 25.7 Å². The summed E-state index contributed by atoms with van der Waals surface area (Å²) in [6.45, 7) is 4.52. The van der Waals surface area contributed by atoms with Gasteiger partial charge in [0.1, 0.15) is 11.9 Å². The van der Waals surface area contributed by atoms with E-state index < -0.39 is 18.0 Å². The highest BCUT2D eigenvalue weighted by molar-refractivity contribution is 5.74. The summed E-state index contributed by atoms with van der Waals surface area (Å²) in [5.41, 5.74) is 1.49. The van der Waals surface area contributed by atoms with Crippen LogP contribution in [0.15, 0.2) is 54.6 Å². The van der Waals surface area contributed by atoms with E-state index in [2.05, 4.69) is 0 Å². The Labute approximate surface area is 158 Å². The molecule has 2 aromatic rings. The van der Waals surface area contributed by atoms with Gasteiger partial charge in [0.15, 0.2) is 0 Å². The molecule has 6 heteroatoms. The Balaban J connectivity index is 2.25. The quantitative estimate of drug-likeness (QED) is 0.553. The zero-order valence-corrected chi connectivity index (χ0v) is 15.7. The molecule has 0 aliphatic heterocycles. The fourth-order valence-electron chi connectivity index (χ4n) is 2.68. The van der Waals surface area contributed by atoms with E-state index in [0.29, 0.717) is 11.3 Å². The Hall–Kier alpha value is -3.15. The van der Waals surface area contributed by atoms with Crippen molar-refractivity contribution >= 4 is 17.8 Å². The molecule has 0 saturated heterocycles. The molecule has 0 aliphatic rings. The molecule has 0 heterocycles. The lowest BCUT2D eigenvalue weighted by Crippen LogP contribution is -2.34. The minimum atomic E-state index is -0.589. The van der Waals surface area contributed by atoms with Crippen LogP contribution in [0.5, 0.6) is 5.75 Å². The minimum Gasteiger partial charge on any atom is -0.456 e. The van der Waals surface area contributed by atoms with Crippen LogP contribution in [-0.4, -0.2) is 29.3 Å². The third kappa shape index (κ3) is 6.26. The highest BCUT2D eigenvalue weighted by Gasteiger charge is 2.22. The molecular weight excluding hydrogens is 346 g/mol.